The van der Waals surface area contributed by atoms with Gasteiger partial charge >= 0.3 is 0 Å². The van der Waals surface area contributed by atoms with E-state index in [9.17, 15) is 10.2 Å². The molecule has 0 atom stereocenters. The fraction of sp³-hybridized carbons (Fsp3) is 0.486. The van der Waals surface area contributed by atoms with Gasteiger partial charge in [-0.2, -0.15) is 0 Å². The molecule has 38 heavy (non-hydrogen) atoms. The van der Waals surface area contributed by atoms with Gasteiger partial charge in [0, 0.05) is 11.5 Å². The summed E-state index contributed by atoms with van der Waals surface area (Å²) >= 11 is 0. The molecular formula is C35H44O3. The number of aromatic hydroxyl groups is 2. The highest BCUT2D eigenvalue weighted by Crippen LogP contribution is 2.47. The van der Waals surface area contributed by atoms with Gasteiger partial charge in [-0.05, 0) is 110 Å². The molecule has 5 rings (SSSR count). The summed E-state index contributed by atoms with van der Waals surface area (Å²) in [7, 11) is 0. The van der Waals surface area contributed by atoms with Gasteiger partial charge in [-0.25, -0.2) is 0 Å². The number of para-hydroxylation sites is 1. The lowest BCUT2D eigenvalue weighted by Gasteiger charge is -2.30. The van der Waals surface area contributed by atoms with E-state index in [1.54, 1.807) is 0 Å². The van der Waals surface area contributed by atoms with Gasteiger partial charge in [0.25, 0.3) is 0 Å². The molecule has 0 unspecified atom stereocenters. The van der Waals surface area contributed by atoms with Crippen LogP contribution in [0.2, 0.25) is 0 Å². The van der Waals surface area contributed by atoms with Crippen molar-refractivity contribution in [2.24, 2.45) is 0 Å². The lowest BCUT2D eigenvalue weighted by Crippen LogP contribution is -2.13. The quantitative estimate of drug-likeness (QED) is 0.310. The molecule has 0 aromatic heterocycles. The SMILES string of the molecule is CCOc1ccccc1C(c1cc(C2CCCCC2)c(O)cc1C)c1cc(C2CCCCC2)c(O)cc1C. The van der Waals surface area contributed by atoms with E-state index < -0.39 is 0 Å². The Balaban J connectivity index is 1.71. The molecule has 2 fully saturated rings. The lowest BCUT2D eigenvalue weighted by molar-refractivity contribution is 0.336. The Hall–Kier alpha value is -2.94. The summed E-state index contributed by atoms with van der Waals surface area (Å²) in [6, 6.07) is 16.9. The first kappa shape index (κ1) is 26.7. The van der Waals surface area contributed by atoms with Crippen molar-refractivity contribution in [3.05, 3.63) is 87.5 Å². The fourth-order valence-electron chi connectivity index (χ4n) is 7.07. The summed E-state index contributed by atoms with van der Waals surface area (Å²) in [5.74, 6) is 2.52. The average molecular weight is 513 g/mol. The second-order valence-electron chi connectivity index (χ2n) is 11.6. The molecule has 0 spiro atoms. The topological polar surface area (TPSA) is 49.7 Å². The molecule has 3 aromatic rings. The van der Waals surface area contributed by atoms with Crippen molar-refractivity contribution in [1.82, 2.24) is 0 Å². The molecule has 2 aliphatic carbocycles. The van der Waals surface area contributed by atoms with E-state index in [0.29, 0.717) is 29.9 Å². The minimum Gasteiger partial charge on any atom is -0.508 e. The van der Waals surface area contributed by atoms with E-state index >= 15 is 0 Å². The van der Waals surface area contributed by atoms with Gasteiger partial charge in [-0.3, -0.25) is 0 Å². The van der Waals surface area contributed by atoms with Crippen LogP contribution < -0.4 is 4.74 Å². The normalized spacial score (nSPS) is 17.2. The molecule has 0 amide bonds. The van der Waals surface area contributed by atoms with E-state index in [1.165, 1.54) is 49.7 Å². The molecule has 0 aliphatic heterocycles. The number of hydrogen-bond donors (Lipinski definition) is 2. The van der Waals surface area contributed by atoms with E-state index in [4.69, 9.17) is 4.74 Å². The zero-order valence-corrected chi connectivity index (χ0v) is 23.4. The van der Waals surface area contributed by atoms with Gasteiger partial charge in [-0.1, -0.05) is 68.9 Å². The van der Waals surface area contributed by atoms with Crippen LogP contribution in [0.5, 0.6) is 17.2 Å². The standard InChI is InChI=1S/C35H44O3/c1-4-38-34-18-12-11-17-27(34)35(28-21-30(32(36)19-23(28)2)25-13-7-5-8-14-25)29-22-31(33(37)20-24(29)3)26-15-9-6-10-16-26/h11-12,17-22,25-26,35-37H,4-10,13-16H2,1-3H3. The molecule has 3 aromatic carbocycles. The fourth-order valence-corrected chi connectivity index (χ4v) is 7.07. The monoisotopic (exact) mass is 512 g/mol. The highest BCUT2D eigenvalue weighted by Gasteiger charge is 2.29. The van der Waals surface area contributed by atoms with Crippen LogP contribution in [0.15, 0.2) is 48.5 Å². The Labute approximate surface area is 228 Å². The molecule has 0 radical (unpaired) electrons. The van der Waals surface area contributed by atoms with Crippen LogP contribution in [-0.2, 0) is 0 Å². The smallest absolute Gasteiger partial charge is 0.123 e. The van der Waals surface area contributed by atoms with Crippen molar-refractivity contribution in [3.8, 4) is 17.2 Å². The molecule has 3 heteroatoms. The average Bonchev–Trinajstić information content (AvgIpc) is 2.93. The summed E-state index contributed by atoms with van der Waals surface area (Å²) < 4.78 is 6.18. The second kappa shape index (κ2) is 11.8. The maximum atomic E-state index is 11.1. The molecule has 202 valence electrons. The van der Waals surface area contributed by atoms with Crippen LogP contribution in [0.25, 0.3) is 0 Å². The van der Waals surface area contributed by atoms with Crippen molar-refractivity contribution in [2.75, 3.05) is 6.61 Å². The van der Waals surface area contributed by atoms with Crippen LogP contribution in [0.3, 0.4) is 0 Å². The second-order valence-corrected chi connectivity index (χ2v) is 11.6. The maximum Gasteiger partial charge on any atom is 0.123 e. The number of phenols is 2. The van der Waals surface area contributed by atoms with Crippen LogP contribution in [-0.4, -0.2) is 16.8 Å². The zero-order chi connectivity index (χ0) is 26.6. The molecule has 2 aliphatic rings. The first-order chi connectivity index (χ1) is 18.5. The van der Waals surface area contributed by atoms with Crippen LogP contribution in [0.4, 0.5) is 0 Å². The zero-order valence-electron chi connectivity index (χ0n) is 23.4. The van der Waals surface area contributed by atoms with Gasteiger partial charge in [0.2, 0.25) is 0 Å². The molecule has 3 nitrogen and oxygen atoms in total. The van der Waals surface area contributed by atoms with Gasteiger partial charge in [0.05, 0.1) is 6.61 Å². The molecule has 2 saturated carbocycles. The molecule has 0 heterocycles. The Bertz CT molecular complexity index is 1170. The van der Waals surface area contributed by atoms with E-state index in [2.05, 4.69) is 44.2 Å². The van der Waals surface area contributed by atoms with E-state index in [1.807, 2.05) is 25.1 Å². The van der Waals surface area contributed by atoms with Crippen molar-refractivity contribution in [3.63, 3.8) is 0 Å². The lowest BCUT2D eigenvalue weighted by atomic mass is 9.75. The Kier molecular flexibility index (Phi) is 8.31. The third kappa shape index (κ3) is 5.44. The number of benzene rings is 3. The highest BCUT2D eigenvalue weighted by molar-refractivity contribution is 5.58. The van der Waals surface area contributed by atoms with Crippen molar-refractivity contribution < 1.29 is 14.9 Å². The predicted octanol–water partition coefficient (Wildman–Crippen LogP) is 9.39. The Morgan fingerprint density at radius 2 is 1.16 bits per heavy atom. The van der Waals surface area contributed by atoms with Crippen molar-refractivity contribution in [2.45, 2.75) is 103 Å². The first-order valence-corrected chi connectivity index (χ1v) is 14.9. The van der Waals surface area contributed by atoms with Crippen LogP contribution in [0, 0.1) is 13.8 Å². The van der Waals surface area contributed by atoms with Crippen LogP contribution >= 0.6 is 0 Å². The largest absolute Gasteiger partial charge is 0.508 e. The Morgan fingerprint density at radius 1 is 0.684 bits per heavy atom. The van der Waals surface area contributed by atoms with Crippen molar-refractivity contribution >= 4 is 0 Å². The number of hydrogen-bond acceptors (Lipinski definition) is 3. The van der Waals surface area contributed by atoms with Gasteiger partial charge < -0.3 is 14.9 Å². The van der Waals surface area contributed by atoms with Crippen molar-refractivity contribution in [1.29, 1.82) is 0 Å². The summed E-state index contributed by atoms with van der Waals surface area (Å²) in [5, 5.41) is 22.2. The number of aryl methyl sites for hydroxylation is 2. The first-order valence-electron chi connectivity index (χ1n) is 14.9. The summed E-state index contributed by atoms with van der Waals surface area (Å²) in [5.41, 5.74) is 7.94. The minimum atomic E-state index is -0.0522. The van der Waals surface area contributed by atoms with E-state index in [0.717, 1.165) is 59.3 Å². The maximum absolute atomic E-state index is 11.1. The summed E-state index contributed by atoms with van der Waals surface area (Å²) in [6.07, 6.45) is 12.0. The third-order valence-electron chi connectivity index (χ3n) is 9.07. The molecule has 0 saturated heterocycles. The summed E-state index contributed by atoms with van der Waals surface area (Å²) in [6.45, 7) is 6.88. The highest BCUT2D eigenvalue weighted by atomic mass is 16.5. The predicted molar refractivity (Wildman–Crippen MR) is 156 cm³/mol. The number of phenolic OH excluding ortho intramolecular Hbond substituents is 2. The Morgan fingerprint density at radius 3 is 1.63 bits per heavy atom. The van der Waals surface area contributed by atoms with Gasteiger partial charge in [-0.15, -0.1) is 0 Å². The van der Waals surface area contributed by atoms with Gasteiger partial charge in [0.1, 0.15) is 17.2 Å². The molecular weight excluding hydrogens is 468 g/mol. The van der Waals surface area contributed by atoms with Gasteiger partial charge in [0.15, 0.2) is 0 Å². The third-order valence-corrected chi connectivity index (χ3v) is 9.07. The molecule has 2 N–H and O–H groups in total. The van der Waals surface area contributed by atoms with E-state index in [-0.39, 0.29) is 5.92 Å². The summed E-state index contributed by atoms with van der Waals surface area (Å²) in [4.78, 5) is 0. The number of rotatable bonds is 7. The minimum absolute atomic E-state index is 0.0522. The number of ether oxygens (including phenoxy) is 1. The van der Waals surface area contributed by atoms with Crippen LogP contribution in [0.1, 0.15) is 128 Å². The molecule has 0 bridgehead atoms.